The van der Waals surface area contributed by atoms with Gasteiger partial charge in [-0.15, -0.1) is 0 Å². The quantitative estimate of drug-likeness (QED) is 0.162. The molecule has 1 heteroatoms. The summed E-state index contributed by atoms with van der Waals surface area (Å²) in [6.45, 7) is 18.7. The summed E-state index contributed by atoms with van der Waals surface area (Å²) in [6.07, 6.45) is 4.01. The maximum absolute atomic E-state index is 9.42. The Morgan fingerprint density at radius 1 is 0.448 bits per heavy atom. The number of benzene rings is 7. The van der Waals surface area contributed by atoms with Crippen LogP contribution >= 0.6 is 0 Å². The summed E-state index contributed by atoms with van der Waals surface area (Å²) < 4.78 is 9.42. The minimum absolute atomic E-state index is 0.0192. The normalized spacial score (nSPS) is 16.9. The zero-order valence-corrected chi connectivity index (χ0v) is 35.0. The maximum Gasteiger partial charge on any atom is 0.0726 e. The standard InChI is InChI=1S/C57H51N/c1-54(2,3)36-23-27-43-44-28-24-37(55(4,5)6)32-51(44)57(50(43)31-36)49-19-13-10-16-41(49)45-29-25-39(34-52(45)57)58(53-20-14-11-15-40(53)35-21-22-35)38-26-30-48-46(33-38)42-17-9-12-18-47(42)56(48,7)8/h9-35H,1-8H3/i35D. The molecule has 0 saturated heterocycles. The van der Waals surface area contributed by atoms with Gasteiger partial charge in [0, 0.05) is 24.1 Å². The Kier molecular flexibility index (Phi) is 6.96. The number of hydrogen-bond donors (Lipinski definition) is 0. The van der Waals surface area contributed by atoms with E-state index in [9.17, 15) is 1.37 Å². The van der Waals surface area contributed by atoms with Gasteiger partial charge < -0.3 is 4.90 Å². The van der Waals surface area contributed by atoms with Crippen molar-refractivity contribution in [2.45, 2.75) is 82.9 Å². The van der Waals surface area contributed by atoms with Gasteiger partial charge in [-0.25, -0.2) is 0 Å². The van der Waals surface area contributed by atoms with E-state index in [1.807, 2.05) is 12.2 Å². The van der Waals surface area contributed by atoms with Crippen molar-refractivity contribution < 1.29 is 1.37 Å². The van der Waals surface area contributed by atoms with Gasteiger partial charge in [-0.1, -0.05) is 183 Å². The SMILES string of the molecule is [2H]C1(c2ccccc2N(c2ccc3c(c2)-c2ccccc2C3(C)C)c2ccc3c(c2)C2(c4ccccc4-3)c3cc(C(C)(C)C)ccc3-c3ccc(C(C)(C)C)cc32)C=C1. The Morgan fingerprint density at radius 3 is 1.53 bits per heavy atom. The second-order valence-electron chi connectivity index (χ2n) is 19.6. The van der Waals surface area contributed by atoms with Gasteiger partial charge in [0.1, 0.15) is 0 Å². The van der Waals surface area contributed by atoms with Crippen molar-refractivity contribution in [2.24, 2.45) is 0 Å². The van der Waals surface area contributed by atoms with Crippen LogP contribution in [0.1, 0.15) is 113 Å². The van der Waals surface area contributed by atoms with Crippen molar-refractivity contribution in [3.8, 4) is 33.4 Å². The molecule has 0 aliphatic heterocycles. The molecule has 0 heterocycles. The summed E-state index contributed by atoms with van der Waals surface area (Å²) in [5.74, 6) is -0.829. The molecule has 0 amide bonds. The van der Waals surface area contributed by atoms with E-state index in [2.05, 4.69) is 206 Å². The van der Waals surface area contributed by atoms with E-state index in [0.717, 1.165) is 22.6 Å². The molecule has 4 aliphatic rings. The van der Waals surface area contributed by atoms with Gasteiger partial charge >= 0.3 is 0 Å². The zero-order valence-electron chi connectivity index (χ0n) is 36.0. The lowest BCUT2D eigenvalue weighted by atomic mass is 9.68. The Balaban J connectivity index is 1.22. The number of nitrogens with zero attached hydrogens (tertiary/aromatic N) is 1. The molecule has 58 heavy (non-hydrogen) atoms. The number of fused-ring (bicyclic) bond motifs is 13. The van der Waals surface area contributed by atoms with Crippen LogP contribution in [0.15, 0.2) is 158 Å². The third-order valence-electron chi connectivity index (χ3n) is 13.8. The number of anilines is 3. The lowest BCUT2D eigenvalue weighted by Crippen LogP contribution is -2.27. The third-order valence-corrected chi connectivity index (χ3v) is 13.8. The summed E-state index contributed by atoms with van der Waals surface area (Å²) >= 11 is 0. The van der Waals surface area contributed by atoms with Gasteiger partial charge in [0.05, 0.1) is 11.1 Å². The summed E-state index contributed by atoms with van der Waals surface area (Å²) in [4.78, 5) is 2.44. The fraction of sp³-hybridized carbons (Fsp3) is 0.228. The smallest absolute Gasteiger partial charge is 0.0726 e. The fourth-order valence-electron chi connectivity index (χ4n) is 10.7. The van der Waals surface area contributed by atoms with E-state index in [-0.39, 0.29) is 16.2 Å². The first kappa shape index (κ1) is 34.1. The van der Waals surface area contributed by atoms with E-state index in [1.165, 1.54) is 77.9 Å². The van der Waals surface area contributed by atoms with Crippen LogP contribution in [0.4, 0.5) is 17.1 Å². The van der Waals surface area contributed by atoms with Gasteiger partial charge in [-0.3, -0.25) is 0 Å². The molecule has 7 aromatic carbocycles. The molecule has 0 bridgehead atoms. The second-order valence-corrected chi connectivity index (χ2v) is 19.6. The van der Waals surface area contributed by atoms with Crippen molar-refractivity contribution in [1.29, 1.82) is 0 Å². The topological polar surface area (TPSA) is 3.24 Å². The molecule has 11 rings (SSSR count). The minimum atomic E-state index is -0.829. The molecule has 284 valence electrons. The Bertz CT molecular complexity index is 2890. The lowest BCUT2D eigenvalue weighted by Gasteiger charge is -2.34. The predicted molar refractivity (Wildman–Crippen MR) is 244 cm³/mol. The molecule has 0 unspecified atom stereocenters. The first-order valence-corrected chi connectivity index (χ1v) is 21.0. The van der Waals surface area contributed by atoms with Gasteiger partial charge in [-0.2, -0.15) is 0 Å². The minimum Gasteiger partial charge on any atom is -0.310 e. The average molecular weight is 751 g/mol. The molecule has 0 N–H and O–H groups in total. The molecule has 1 spiro atoms. The largest absolute Gasteiger partial charge is 0.310 e. The molecule has 7 aromatic rings. The maximum atomic E-state index is 9.42. The van der Waals surface area contributed by atoms with Crippen LogP contribution in [0, 0.1) is 0 Å². The van der Waals surface area contributed by atoms with Gasteiger partial charge in [0.25, 0.3) is 0 Å². The highest BCUT2D eigenvalue weighted by Crippen LogP contribution is 2.64. The highest BCUT2D eigenvalue weighted by Gasteiger charge is 2.52. The van der Waals surface area contributed by atoms with Gasteiger partial charge in [0.2, 0.25) is 0 Å². The van der Waals surface area contributed by atoms with E-state index >= 15 is 0 Å². The number of allylic oxidation sites excluding steroid dienone is 2. The first-order chi connectivity index (χ1) is 28.1. The molecule has 0 saturated carbocycles. The summed E-state index contributed by atoms with van der Waals surface area (Å²) in [6, 6.07) is 55.4. The molecule has 0 atom stereocenters. The van der Waals surface area contributed by atoms with Gasteiger partial charge in [0.15, 0.2) is 0 Å². The summed E-state index contributed by atoms with van der Waals surface area (Å²) in [5, 5.41) is 0. The van der Waals surface area contributed by atoms with E-state index in [4.69, 9.17) is 0 Å². The van der Waals surface area contributed by atoms with Crippen molar-refractivity contribution in [1.82, 2.24) is 0 Å². The van der Waals surface area contributed by atoms with E-state index in [0.29, 0.717) is 0 Å². The van der Waals surface area contributed by atoms with Crippen LogP contribution < -0.4 is 4.90 Å². The van der Waals surface area contributed by atoms with Gasteiger partial charge in [-0.05, 0) is 125 Å². The van der Waals surface area contributed by atoms with Crippen LogP contribution in [0.25, 0.3) is 33.4 Å². The van der Waals surface area contributed by atoms with E-state index < -0.39 is 11.3 Å². The zero-order chi connectivity index (χ0) is 40.9. The number of rotatable bonds is 4. The predicted octanol–water partition coefficient (Wildman–Crippen LogP) is 15.1. The highest BCUT2D eigenvalue weighted by molar-refractivity contribution is 5.97. The summed E-state index contributed by atoms with van der Waals surface area (Å²) in [7, 11) is 0. The second kappa shape index (κ2) is 11.8. The highest BCUT2D eigenvalue weighted by atomic mass is 15.1. The average Bonchev–Trinajstić information content (AvgIpc) is 3.74. The monoisotopic (exact) mass is 750 g/mol. The lowest BCUT2D eigenvalue weighted by molar-refractivity contribution is 0.586. The molecule has 1 nitrogen and oxygen atoms in total. The van der Waals surface area contributed by atoms with Crippen LogP contribution in [-0.2, 0) is 21.7 Å². The van der Waals surface area contributed by atoms with Crippen molar-refractivity contribution in [3.63, 3.8) is 0 Å². The Labute approximate surface area is 346 Å². The Morgan fingerprint density at radius 2 is 0.914 bits per heavy atom. The fourth-order valence-corrected chi connectivity index (χ4v) is 10.7. The molecule has 0 radical (unpaired) electrons. The van der Waals surface area contributed by atoms with Crippen LogP contribution in [0.3, 0.4) is 0 Å². The number of para-hydroxylation sites is 1. The first-order valence-electron chi connectivity index (χ1n) is 21.5. The summed E-state index contributed by atoms with van der Waals surface area (Å²) in [5.41, 5.74) is 22.1. The van der Waals surface area contributed by atoms with Crippen LogP contribution in [-0.4, -0.2) is 0 Å². The van der Waals surface area contributed by atoms with Crippen molar-refractivity contribution in [2.75, 3.05) is 4.90 Å². The molecule has 4 aliphatic carbocycles. The Hall–Kier alpha value is -5.92. The van der Waals surface area contributed by atoms with Crippen molar-refractivity contribution in [3.05, 3.63) is 208 Å². The number of hydrogen-bond acceptors (Lipinski definition) is 1. The molecular weight excluding hydrogens is 699 g/mol. The van der Waals surface area contributed by atoms with E-state index in [1.54, 1.807) is 0 Å². The van der Waals surface area contributed by atoms with Crippen molar-refractivity contribution >= 4 is 17.1 Å². The molecule has 0 aromatic heterocycles. The molecule has 0 fully saturated rings. The van der Waals surface area contributed by atoms with Crippen LogP contribution in [0.5, 0.6) is 0 Å². The third kappa shape index (κ3) is 4.83. The molecular formula is C57H51N. The van der Waals surface area contributed by atoms with Crippen LogP contribution in [0.2, 0.25) is 0 Å².